The Morgan fingerprint density at radius 1 is 1.07 bits per heavy atom. The molecule has 1 aliphatic carbocycles. The first kappa shape index (κ1) is 10.1. The zero-order valence-corrected chi connectivity index (χ0v) is 9.91. The van der Waals surface area contributed by atoms with Gasteiger partial charge in [-0.1, -0.05) is 12.8 Å². The molecule has 0 aromatic carbocycles. The fraction of sp³-hybridized carbons (Fsp3) is 1.00. The lowest BCUT2D eigenvalue weighted by molar-refractivity contribution is 0.169. The Balaban J connectivity index is 1.48. The first-order chi connectivity index (χ1) is 7.31. The van der Waals surface area contributed by atoms with Crippen LogP contribution in [0.4, 0.5) is 0 Å². The molecule has 0 aromatic rings. The van der Waals surface area contributed by atoms with Gasteiger partial charge in [-0.2, -0.15) is 0 Å². The number of hydrogen-bond acceptors (Lipinski definition) is 2. The molecule has 3 aliphatic rings. The molecule has 2 atom stereocenters. The number of hydrogen-bond donors (Lipinski definition) is 1. The van der Waals surface area contributed by atoms with Crippen LogP contribution in [0.2, 0.25) is 0 Å². The summed E-state index contributed by atoms with van der Waals surface area (Å²) in [5.41, 5.74) is 0. The monoisotopic (exact) mass is 208 g/mol. The van der Waals surface area contributed by atoms with E-state index in [9.17, 15) is 0 Å². The standard InChI is InChI=1S/C13H24N2/c1-15(7-6-10-2-3-10)13-8-11-4-5-12(9-13)14-11/h10-14H,2-9H2,1H3. The smallest absolute Gasteiger partial charge is 0.0122 e. The summed E-state index contributed by atoms with van der Waals surface area (Å²) in [6.45, 7) is 1.34. The van der Waals surface area contributed by atoms with Crippen LogP contribution in [-0.4, -0.2) is 36.6 Å². The molecule has 0 amide bonds. The molecule has 0 aromatic heterocycles. The molecule has 2 unspecified atom stereocenters. The van der Waals surface area contributed by atoms with Crippen molar-refractivity contribution in [1.82, 2.24) is 10.2 Å². The first-order valence-electron chi connectivity index (χ1n) is 6.77. The fourth-order valence-electron chi connectivity index (χ4n) is 3.36. The van der Waals surface area contributed by atoms with Gasteiger partial charge < -0.3 is 10.2 Å². The molecule has 2 saturated heterocycles. The van der Waals surface area contributed by atoms with Crippen molar-refractivity contribution >= 4 is 0 Å². The maximum Gasteiger partial charge on any atom is 0.0122 e. The van der Waals surface area contributed by atoms with Gasteiger partial charge in [0.15, 0.2) is 0 Å². The third-order valence-electron chi connectivity index (χ3n) is 4.66. The van der Waals surface area contributed by atoms with Crippen LogP contribution in [0.3, 0.4) is 0 Å². The Labute approximate surface area is 93.4 Å². The van der Waals surface area contributed by atoms with Crippen LogP contribution in [-0.2, 0) is 0 Å². The SMILES string of the molecule is CN(CCC1CC1)C1CC2CCC(C1)N2. The lowest BCUT2D eigenvalue weighted by atomic mass is 9.98. The van der Waals surface area contributed by atoms with Crippen molar-refractivity contribution in [3.05, 3.63) is 0 Å². The Morgan fingerprint density at radius 2 is 1.73 bits per heavy atom. The predicted octanol–water partition coefficient (Wildman–Crippen LogP) is 2.00. The normalized spacial score (nSPS) is 40.0. The van der Waals surface area contributed by atoms with E-state index in [1.54, 1.807) is 0 Å². The summed E-state index contributed by atoms with van der Waals surface area (Å²) in [7, 11) is 2.35. The molecule has 2 nitrogen and oxygen atoms in total. The van der Waals surface area contributed by atoms with Crippen molar-refractivity contribution < 1.29 is 0 Å². The second-order valence-corrected chi connectivity index (χ2v) is 5.98. The van der Waals surface area contributed by atoms with Gasteiger partial charge in [0.1, 0.15) is 0 Å². The van der Waals surface area contributed by atoms with E-state index in [0.29, 0.717) is 0 Å². The third kappa shape index (κ3) is 2.36. The molecule has 3 fully saturated rings. The maximum absolute atomic E-state index is 3.73. The molecule has 1 saturated carbocycles. The van der Waals surface area contributed by atoms with Gasteiger partial charge in [0.25, 0.3) is 0 Å². The van der Waals surface area contributed by atoms with Crippen LogP contribution < -0.4 is 5.32 Å². The van der Waals surface area contributed by atoms with E-state index in [4.69, 9.17) is 0 Å². The average Bonchev–Trinajstić information content (AvgIpc) is 3.01. The summed E-state index contributed by atoms with van der Waals surface area (Å²) in [6.07, 6.45) is 10.1. The van der Waals surface area contributed by atoms with Crippen LogP contribution in [0.25, 0.3) is 0 Å². The predicted molar refractivity (Wildman–Crippen MR) is 62.9 cm³/mol. The highest BCUT2D eigenvalue weighted by molar-refractivity contribution is 4.95. The van der Waals surface area contributed by atoms with Crippen molar-refractivity contribution in [2.75, 3.05) is 13.6 Å². The Morgan fingerprint density at radius 3 is 2.33 bits per heavy atom. The van der Waals surface area contributed by atoms with Gasteiger partial charge in [0.05, 0.1) is 0 Å². The number of piperidine rings is 1. The lowest BCUT2D eigenvalue weighted by Crippen LogP contribution is -2.47. The van der Waals surface area contributed by atoms with Crippen LogP contribution >= 0.6 is 0 Å². The van der Waals surface area contributed by atoms with Gasteiger partial charge >= 0.3 is 0 Å². The van der Waals surface area contributed by atoms with E-state index < -0.39 is 0 Å². The summed E-state index contributed by atoms with van der Waals surface area (Å²) in [4.78, 5) is 2.64. The molecule has 1 N–H and O–H groups in total. The van der Waals surface area contributed by atoms with Gasteiger partial charge in [0.2, 0.25) is 0 Å². The van der Waals surface area contributed by atoms with Gasteiger partial charge in [-0.25, -0.2) is 0 Å². The van der Waals surface area contributed by atoms with Crippen molar-refractivity contribution in [1.29, 1.82) is 0 Å². The van der Waals surface area contributed by atoms with Crippen molar-refractivity contribution in [2.24, 2.45) is 5.92 Å². The van der Waals surface area contributed by atoms with Crippen LogP contribution in [0, 0.1) is 5.92 Å². The maximum atomic E-state index is 3.73. The highest BCUT2D eigenvalue weighted by Crippen LogP contribution is 2.34. The summed E-state index contributed by atoms with van der Waals surface area (Å²) in [5.74, 6) is 1.09. The number of rotatable bonds is 4. The summed E-state index contributed by atoms with van der Waals surface area (Å²) < 4.78 is 0. The van der Waals surface area contributed by atoms with Crippen LogP contribution in [0.5, 0.6) is 0 Å². The van der Waals surface area contributed by atoms with Gasteiger partial charge in [-0.3, -0.25) is 0 Å². The molecular formula is C13H24N2. The molecule has 0 spiro atoms. The second kappa shape index (κ2) is 4.06. The van der Waals surface area contributed by atoms with Crippen molar-refractivity contribution in [2.45, 2.75) is 63.1 Å². The molecule has 0 radical (unpaired) electrons. The fourth-order valence-corrected chi connectivity index (χ4v) is 3.36. The number of nitrogens with zero attached hydrogens (tertiary/aromatic N) is 1. The quantitative estimate of drug-likeness (QED) is 0.760. The lowest BCUT2D eigenvalue weighted by Gasteiger charge is -2.35. The van der Waals surface area contributed by atoms with Gasteiger partial charge in [-0.05, 0) is 51.6 Å². The number of fused-ring (bicyclic) bond motifs is 2. The van der Waals surface area contributed by atoms with Crippen molar-refractivity contribution in [3.63, 3.8) is 0 Å². The molecule has 2 heterocycles. The Bertz CT molecular complexity index is 213. The Kier molecular flexibility index (Phi) is 2.73. The van der Waals surface area contributed by atoms with E-state index >= 15 is 0 Å². The highest BCUT2D eigenvalue weighted by atomic mass is 15.2. The third-order valence-corrected chi connectivity index (χ3v) is 4.66. The zero-order chi connectivity index (χ0) is 10.3. The van der Waals surface area contributed by atoms with E-state index in [2.05, 4.69) is 17.3 Å². The van der Waals surface area contributed by atoms with Crippen LogP contribution in [0.15, 0.2) is 0 Å². The topological polar surface area (TPSA) is 15.3 Å². The molecular weight excluding hydrogens is 184 g/mol. The van der Waals surface area contributed by atoms with E-state index in [1.165, 1.54) is 51.5 Å². The molecule has 2 bridgehead atoms. The first-order valence-corrected chi connectivity index (χ1v) is 6.77. The minimum Gasteiger partial charge on any atom is -0.311 e. The van der Waals surface area contributed by atoms with Crippen LogP contribution in [0.1, 0.15) is 44.9 Å². The minimum absolute atomic E-state index is 0.845. The van der Waals surface area contributed by atoms with E-state index in [-0.39, 0.29) is 0 Å². The largest absolute Gasteiger partial charge is 0.311 e. The molecule has 15 heavy (non-hydrogen) atoms. The highest BCUT2D eigenvalue weighted by Gasteiger charge is 2.35. The number of nitrogens with one attached hydrogen (secondary N) is 1. The van der Waals surface area contributed by atoms with E-state index in [1.807, 2.05) is 0 Å². The summed E-state index contributed by atoms with van der Waals surface area (Å²) in [6, 6.07) is 2.57. The molecule has 3 rings (SSSR count). The molecule has 2 aliphatic heterocycles. The van der Waals surface area contributed by atoms with Gasteiger partial charge in [0, 0.05) is 18.1 Å². The second-order valence-electron chi connectivity index (χ2n) is 5.98. The van der Waals surface area contributed by atoms with Gasteiger partial charge in [-0.15, -0.1) is 0 Å². The average molecular weight is 208 g/mol. The van der Waals surface area contributed by atoms with Crippen molar-refractivity contribution in [3.8, 4) is 0 Å². The zero-order valence-electron chi connectivity index (χ0n) is 9.91. The minimum atomic E-state index is 0.845. The van der Waals surface area contributed by atoms with E-state index in [0.717, 1.165) is 24.0 Å². The molecule has 86 valence electrons. The summed E-state index contributed by atoms with van der Waals surface area (Å²) in [5, 5.41) is 3.73. The summed E-state index contributed by atoms with van der Waals surface area (Å²) >= 11 is 0. The Hall–Kier alpha value is -0.0800. The molecule has 2 heteroatoms.